The van der Waals surface area contributed by atoms with Gasteiger partial charge in [-0.1, -0.05) is 12.1 Å². The number of hydrogen-bond acceptors (Lipinski definition) is 3. The highest BCUT2D eigenvalue weighted by Gasteiger charge is 2.26. The lowest BCUT2D eigenvalue weighted by atomic mass is 10.1. The second kappa shape index (κ2) is 5.98. The number of amides is 1. The van der Waals surface area contributed by atoms with E-state index in [4.69, 9.17) is 5.73 Å². The van der Waals surface area contributed by atoms with E-state index in [0.29, 0.717) is 13.0 Å². The van der Waals surface area contributed by atoms with Crippen LogP contribution in [0.5, 0.6) is 0 Å². The molecule has 4 heteroatoms. The molecule has 0 radical (unpaired) electrons. The lowest BCUT2D eigenvalue weighted by molar-refractivity contribution is -0.117. The molecule has 0 aliphatic carbocycles. The van der Waals surface area contributed by atoms with E-state index >= 15 is 0 Å². The number of carbonyl (C=O) groups is 1. The van der Waals surface area contributed by atoms with Gasteiger partial charge in [0.15, 0.2) is 0 Å². The van der Waals surface area contributed by atoms with Crippen molar-refractivity contribution in [3.05, 3.63) is 29.3 Å². The average molecular weight is 247 g/mol. The van der Waals surface area contributed by atoms with E-state index in [1.807, 2.05) is 24.1 Å². The first kappa shape index (κ1) is 13.1. The largest absolute Gasteiger partial charge is 0.326 e. The van der Waals surface area contributed by atoms with Crippen molar-refractivity contribution in [2.24, 2.45) is 5.73 Å². The molecule has 1 aromatic carbocycles. The van der Waals surface area contributed by atoms with E-state index in [0.717, 1.165) is 42.7 Å². The molecule has 0 fully saturated rings. The van der Waals surface area contributed by atoms with E-state index in [-0.39, 0.29) is 5.91 Å². The summed E-state index contributed by atoms with van der Waals surface area (Å²) >= 11 is 0. The van der Waals surface area contributed by atoms with Gasteiger partial charge in [0.2, 0.25) is 5.91 Å². The van der Waals surface area contributed by atoms with E-state index < -0.39 is 0 Å². The van der Waals surface area contributed by atoms with Crippen molar-refractivity contribution in [1.82, 2.24) is 5.32 Å². The normalized spacial score (nSPS) is 14.1. The van der Waals surface area contributed by atoms with Crippen molar-refractivity contribution in [3.63, 3.8) is 0 Å². The molecule has 0 unspecified atom stereocenters. The van der Waals surface area contributed by atoms with Gasteiger partial charge in [-0.05, 0) is 43.6 Å². The van der Waals surface area contributed by atoms with Gasteiger partial charge in [0.05, 0.1) is 6.42 Å². The van der Waals surface area contributed by atoms with Gasteiger partial charge in [-0.25, -0.2) is 0 Å². The molecular weight excluding hydrogens is 226 g/mol. The molecule has 1 amide bonds. The smallest absolute Gasteiger partial charge is 0.231 e. The molecule has 0 bridgehead atoms. The van der Waals surface area contributed by atoms with Crippen LogP contribution in [0.15, 0.2) is 18.2 Å². The van der Waals surface area contributed by atoms with Gasteiger partial charge < -0.3 is 16.0 Å². The average Bonchev–Trinajstić information content (AvgIpc) is 2.69. The standard InChI is InChI=1S/C14H21N3O/c1-16-6-2-3-7-17-13-5-4-11(10-15)8-12(13)9-14(17)18/h4-5,8,16H,2-3,6-7,9-10,15H2,1H3. The Morgan fingerprint density at radius 2 is 2.22 bits per heavy atom. The molecule has 98 valence electrons. The summed E-state index contributed by atoms with van der Waals surface area (Å²) in [6, 6.07) is 6.10. The molecule has 0 atom stereocenters. The lowest BCUT2D eigenvalue weighted by Gasteiger charge is -2.17. The van der Waals surface area contributed by atoms with Gasteiger partial charge >= 0.3 is 0 Å². The highest BCUT2D eigenvalue weighted by molar-refractivity contribution is 6.01. The van der Waals surface area contributed by atoms with Gasteiger partial charge in [-0.2, -0.15) is 0 Å². The van der Waals surface area contributed by atoms with Crippen LogP contribution in [-0.4, -0.2) is 26.0 Å². The predicted octanol–water partition coefficient (Wildman–Crippen LogP) is 1.03. The van der Waals surface area contributed by atoms with Crippen LogP contribution in [0.25, 0.3) is 0 Å². The van der Waals surface area contributed by atoms with Gasteiger partial charge in [-0.3, -0.25) is 4.79 Å². The summed E-state index contributed by atoms with van der Waals surface area (Å²) in [4.78, 5) is 13.9. The van der Waals surface area contributed by atoms with Crippen LogP contribution in [0.4, 0.5) is 5.69 Å². The fourth-order valence-corrected chi connectivity index (χ4v) is 2.38. The first-order chi connectivity index (χ1) is 8.76. The first-order valence-electron chi connectivity index (χ1n) is 6.53. The fourth-order valence-electron chi connectivity index (χ4n) is 2.38. The number of nitrogens with zero attached hydrogens (tertiary/aromatic N) is 1. The number of nitrogens with one attached hydrogen (secondary N) is 1. The molecule has 1 aliphatic rings. The molecule has 1 aromatic rings. The van der Waals surface area contributed by atoms with Gasteiger partial charge in [-0.15, -0.1) is 0 Å². The van der Waals surface area contributed by atoms with Crippen molar-refractivity contribution >= 4 is 11.6 Å². The minimum atomic E-state index is 0.212. The summed E-state index contributed by atoms with van der Waals surface area (Å²) < 4.78 is 0. The van der Waals surface area contributed by atoms with Crippen molar-refractivity contribution in [3.8, 4) is 0 Å². The van der Waals surface area contributed by atoms with Crippen molar-refractivity contribution < 1.29 is 4.79 Å². The Balaban J connectivity index is 2.03. The summed E-state index contributed by atoms with van der Waals surface area (Å²) in [7, 11) is 1.95. The minimum absolute atomic E-state index is 0.212. The van der Waals surface area contributed by atoms with E-state index in [2.05, 4.69) is 11.4 Å². The molecule has 18 heavy (non-hydrogen) atoms. The topological polar surface area (TPSA) is 58.4 Å². The highest BCUT2D eigenvalue weighted by Crippen LogP contribution is 2.29. The molecule has 4 nitrogen and oxygen atoms in total. The number of rotatable bonds is 6. The van der Waals surface area contributed by atoms with Crippen LogP contribution in [0.3, 0.4) is 0 Å². The van der Waals surface area contributed by atoms with E-state index in [1.165, 1.54) is 0 Å². The third kappa shape index (κ3) is 2.71. The molecule has 1 heterocycles. The van der Waals surface area contributed by atoms with Gasteiger partial charge in [0.1, 0.15) is 0 Å². The monoisotopic (exact) mass is 247 g/mol. The Morgan fingerprint density at radius 3 is 2.94 bits per heavy atom. The van der Waals surface area contributed by atoms with Crippen LogP contribution < -0.4 is 16.0 Å². The zero-order valence-electron chi connectivity index (χ0n) is 10.9. The highest BCUT2D eigenvalue weighted by atomic mass is 16.2. The fraction of sp³-hybridized carbons (Fsp3) is 0.500. The number of nitrogens with two attached hydrogens (primary N) is 1. The molecule has 2 rings (SSSR count). The van der Waals surface area contributed by atoms with Crippen LogP contribution in [-0.2, 0) is 17.8 Å². The number of benzene rings is 1. The number of carbonyl (C=O) groups excluding carboxylic acids is 1. The Kier molecular flexibility index (Phi) is 4.33. The zero-order chi connectivity index (χ0) is 13.0. The SMILES string of the molecule is CNCCCCN1C(=O)Cc2cc(CN)ccc21. The number of anilines is 1. The molecule has 0 saturated heterocycles. The third-order valence-electron chi connectivity index (χ3n) is 3.37. The second-order valence-corrected chi connectivity index (χ2v) is 4.70. The van der Waals surface area contributed by atoms with E-state index in [1.54, 1.807) is 0 Å². The van der Waals surface area contributed by atoms with Crippen LogP contribution in [0, 0.1) is 0 Å². The van der Waals surface area contributed by atoms with Gasteiger partial charge in [0, 0.05) is 18.8 Å². The van der Waals surface area contributed by atoms with Crippen molar-refractivity contribution in [1.29, 1.82) is 0 Å². The summed E-state index contributed by atoms with van der Waals surface area (Å²) in [5, 5.41) is 3.12. The Hall–Kier alpha value is -1.39. The molecule has 1 aliphatic heterocycles. The molecule has 3 N–H and O–H groups in total. The van der Waals surface area contributed by atoms with Crippen molar-refractivity contribution in [2.45, 2.75) is 25.8 Å². The summed E-state index contributed by atoms with van der Waals surface area (Å²) in [5.74, 6) is 0.212. The lowest BCUT2D eigenvalue weighted by Crippen LogP contribution is -2.28. The first-order valence-corrected chi connectivity index (χ1v) is 6.53. The zero-order valence-corrected chi connectivity index (χ0v) is 10.9. The Bertz CT molecular complexity index is 431. The minimum Gasteiger partial charge on any atom is -0.326 e. The van der Waals surface area contributed by atoms with Crippen LogP contribution in [0.2, 0.25) is 0 Å². The summed E-state index contributed by atoms with van der Waals surface area (Å²) in [6.07, 6.45) is 2.65. The maximum atomic E-state index is 12.0. The Morgan fingerprint density at radius 1 is 1.39 bits per heavy atom. The second-order valence-electron chi connectivity index (χ2n) is 4.70. The van der Waals surface area contributed by atoms with Crippen LogP contribution >= 0.6 is 0 Å². The van der Waals surface area contributed by atoms with Gasteiger partial charge in [0.25, 0.3) is 0 Å². The number of fused-ring (bicyclic) bond motifs is 1. The molecule has 0 spiro atoms. The van der Waals surface area contributed by atoms with Crippen LogP contribution in [0.1, 0.15) is 24.0 Å². The van der Waals surface area contributed by atoms with Crippen molar-refractivity contribution in [2.75, 3.05) is 25.0 Å². The summed E-state index contributed by atoms with van der Waals surface area (Å²) in [5.41, 5.74) is 8.91. The maximum absolute atomic E-state index is 12.0. The molecular formula is C14H21N3O. The maximum Gasteiger partial charge on any atom is 0.231 e. The van der Waals surface area contributed by atoms with E-state index in [9.17, 15) is 4.79 Å². The molecule has 0 saturated carbocycles. The quantitative estimate of drug-likeness (QED) is 0.738. The molecule has 0 aromatic heterocycles. The Labute approximate surface area is 108 Å². The predicted molar refractivity (Wildman–Crippen MR) is 73.6 cm³/mol. The summed E-state index contributed by atoms with van der Waals surface area (Å²) in [6.45, 7) is 2.35. The number of hydrogen-bond donors (Lipinski definition) is 2. The number of unbranched alkanes of at least 4 members (excludes halogenated alkanes) is 1. The third-order valence-corrected chi connectivity index (χ3v) is 3.37.